The summed E-state index contributed by atoms with van der Waals surface area (Å²) in [7, 11) is 0. The number of halogens is 2. The molecule has 0 fully saturated rings. The first kappa shape index (κ1) is 23.7. The molecule has 0 N–H and O–H groups in total. The van der Waals surface area contributed by atoms with Crippen molar-refractivity contribution in [3.63, 3.8) is 0 Å². The minimum Gasteiger partial charge on any atom is -1.00 e. The standard InChI is InChI=1S/C18H25.2ClH.Zr/c1-11(2)15-9-14(6)17(10-15)18-8-13(5)7-16(18)12(3)4;;;/h7-9,11-12,15-16H,1-6H3;2*1H;/q-1;;;+3/p-2. The molecule has 0 saturated heterocycles. The van der Waals surface area contributed by atoms with Crippen LogP contribution in [0.2, 0.25) is 0 Å². The zero-order valence-electron chi connectivity index (χ0n) is 13.8. The molecule has 0 aromatic carbocycles. The van der Waals surface area contributed by atoms with Crippen LogP contribution in [0.4, 0.5) is 0 Å². The maximum absolute atomic E-state index is 3.71. The van der Waals surface area contributed by atoms with Crippen molar-refractivity contribution in [3.05, 3.63) is 46.6 Å². The van der Waals surface area contributed by atoms with Crippen LogP contribution in [0.5, 0.6) is 0 Å². The van der Waals surface area contributed by atoms with E-state index in [-0.39, 0.29) is 51.0 Å². The zero-order chi connectivity index (χ0) is 13.4. The van der Waals surface area contributed by atoms with E-state index in [1.54, 1.807) is 0 Å². The third-order valence-electron chi connectivity index (χ3n) is 4.04. The first-order chi connectivity index (χ1) is 8.40. The van der Waals surface area contributed by atoms with E-state index in [0.29, 0.717) is 23.7 Å². The van der Waals surface area contributed by atoms with Gasteiger partial charge in [0.05, 0.1) is 0 Å². The van der Waals surface area contributed by atoms with Gasteiger partial charge < -0.3 is 24.8 Å². The molecule has 3 heteroatoms. The Bertz CT molecular complexity index is 468. The van der Waals surface area contributed by atoms with Crippen LogP contribution in [0, 0.1) is 29.7 Å². The molecule has 0 aromatic rings. The van der Waals surface area contributed by atoms with E-state index in [1.165, 1.54) is 22.3 Å². The molecule has 0 bridgehead atoms. The van der Waals surface area contributed by atoms with E-state index in [9.17, 15) is 0 Å². The van der Waals surface area contributed by atoms with Crippen molar-refractivity contribution < 1.29 is 51.0 Å². The Hall–Kier alpha value is 0.423. The van der Waals surface area contributed by atoms with Gasteiger partial charge in [-0.25, -0.2) is 0 Å². The summed E-state index contributed by atoms with van der Waals surface area (Å²) in [6.45, 7) is 13.6. The molecule has 2 atom stereocenters. The van der Waals surface area contributed by atoms with Crippen molar-refractivity contribution in [3.8, 4) is 0 Å². The van der Waals surface area contributed by atoms with Gasteiger partial charge >= 0.3 is 26.2 Å². The largest absolute Gasteiger partial charge is 3.00 e. The van der Waals surface area contributed by atoms with E-state index < -0.39 is 0 Å². The van der Waals surface area contributed by atoms with Crippen LogP contribution in [0.25, 0.3) is 0 Å². The second kappa shape index (κ2) is 9.54. The van der Waals surface area contributed by atoms with Crippen LogP contribution in [-0.2, 0) is 26.2 Å². The minimum atomic E-state index is 0. The molecule has 1 radical (unpaired) electrons. The summed E-state index contributed by atoms with van der Waals surface area (Å²) in [6, 6.07) is 0. The minimum absolute atomic E-state index is 0. The molecule has 0 spiro atoms. The van der Waals surface area contributed by atoms with Crippen LogP contribution in [-0.4, -0.2) is 0 Å². The van der Waals surface area contributed by atoms with Gasteiger partial charge in [0.2, 0.25) is 0 Å². The fourth-order valence-electron chi connectivity index (χ4n) is 2.90. The predicted molar refractivity (Wildman–Crippen MR) is 79.0 cm³/mol. The van der Waals surface area contributed by atoms with Gasteiger partial charge in [-0.2, -0.15) is 17.2 Å². The monoisotopic (exact) mass is 401 g/mol. The third kappa shape index (κ3) is 5.23. The normalized spacial score (nSPS) is 23.6. The summed E-state index contributed by atoms with van der Waals surface area (Å²) in [5, 5.41) is 0. The predicted octanol–water partition coefficient (Wildman–Crippen LogP) is -0.888. The van der Waals surface area contributed by atoms with E-state index in [4.69, 9.17) is 0 Å². The van der Waals surface area contributed by atoms with Gasteiger partial charge in [0.25, 0.3) is 0 Å². The molecule has 2 rings (SSSR count). The molecular weight excluding hydrogens is 378 g/mol. The van der Waals surface area contributed by atoms with Gasteiger partial charge in [-0.1, -0.05) is 52.2 Å². The van der Waals surface area contributed by atoms with Crippen molar-refractivity contribution in [2.75, 3.05) is 0 Å². The first-order valence-corrected chi connectivity index (χ1v) is 7.12. The maximum Gasteiger partial charge on any atom is 3.00 e. The topological polar surface area (TPSA) is 0 Å². The van der Waals surface area contributed by atoms with Crippen LogP contribution < -0.4 is 24.8 Å². The molecule has 0 saturated carbocycles. The van der Waals surface area contributed by atoms with Gasteiger partial charge in [-0.05, 0) is 24.7 Å². The van der Waals surface area contributed by atoms with Crippen LogP contribution in [0.15, 0.2) is 40.5 Å². The SMILES string of the molecule is CC1=CC(C(C)C)C(C2=[C-]C(C(C)C)C=C2C)=C1.[Cl-].[Cl-].[Zr+3]. The smallest absolute Gasteiger partial charge is 1.00 e. The molecule has 2 aliphatic carbocycles. The van der Waals surface area contributed by atoms with Crippen molar-refractivity contribution in [2.45, 2.75) is 41.5 Å². The number of allylic oxidation sites excluding steroid dienone is 8. The molecule has 0 nitrogen and oxygen atoms in total. The Labute approximate surface area is 162 Å². The van der Waals surface area contributed by atoms with Crippen LogP contribution in [0.3, 0.4) is 0 Å². The van der Waals surface area contributed by atoms with Gasteiger partial charge in [-0.3, -0.25) is 0 Å². The van der Waals surface area contributed by atoms with E-state index >= 15 is 0 Å². The summed E-state index contributed by atoms with van der Waals surface area (Å²) in [5.41, 5.74) is 5.67. The Morgan fingerprint density at radius 1 is 0.952 bits per heavy atom. The van der Waals surface area contributed by atoms with Crippen molar-refractivity contribution in [2.24, 2.45) is 23.7 Å². The van der Waals surface area contributed by atoms with Gasteiger partial charge in [-0.15, -0.1) is 17.7 Å². The van der Waals surface area contributed by atoms with Gasteiger partial charge in [0.1, 0.15) is 0 Å². The maximum atomic E-state index is 3.71. The van der Waals surface area contributed by atoms with Crippen molar-refractivity contribution in [1.29, 1.82) is 0 Å². The summed E-state index contributed by atoms with van der Waals surface area (Å²) >= 11 is 0. The van der Waals surface area contributed by atoms with E-state index in [1.807, 2.05) is 0 Å². The van der Waals surface area contributed by atoms with Crippen LogP contribution in [0.1, 0.15) is 41.5 Å². The quantitative estimate of drug-likeness (QED) is 0.537. The second-order valence-corrected chi connectivity index (χ2v) is 6.42. The van der Waals surface area contributed by atoms with E-state index in [2.05, 4.69) is 65.8 Å². The van der Waals surface area contributed by atoms with Crippen molar-refractivity contribution >= 4 is 0 Å². The third-order valence-corrected chi connectivity index (χ3v) is 4.04. The molecule has 0 aromatic heterocycles. The number of hydrogen-bond acceptors (Lipinski definition) is 0. The molecule has 2 aliphatic rings. The van der Waals surface area contributed by atoms with Gasteiger partial charge in [0.15, 0.2) is 0 Å². The Balaban J connectivity index is 0. The summed E-state index contributed by atoms with van der Waals surface area (Å²) in [5.74, 6) is 2.37. The molecule has 0 heterocycles. The zero-order valence-corrected chi connectivity index (χ0v) is 17.8. The molecule has 2 unspecified atom stereocenters. The van der Waals surface area contributed by atoms with Crippen LogP contribution >= 0.6 is 0 Å². The molecule has 0 amide bonds. The second-order valence-electron chi connectivity index (χ2n) is 6.42. The number of rotatable bonds is 3. The van der Waals surface area contributed by atoms with E-state index in [0.717, 1.165) is 0 Å². The summed E-state index contributed by atoms with van der Waals surface area (Å²) < 4.78 is 0. The van der Waals surface area contributed by atoms with Gasteiger partial charge in [0, 0.05) is 0 Å². The molecule has 115 valence electrons. The Morgan fingerprint density at radius 2 is 1.52 bits per heavy atom. The average Bonchev–Trinajstić information content (AvgIpc) is 2.81. The summed E-state index contributed by atoms with van der Waals surface area (Å²) in [6.07, 6.45) is 10.9. The molecule has 0 aliphatic heterocycles. The Morgan fingerprint density at radius 3 is 1.95 bits per heavy atom. The first-order valence-electron chi connectivity index (χ1n) is 7.12. The fourth-order valence-corrected chi connectivity index (χ4v) is 2.90. The number of hydrogen-bond donors (Lipinski definition) is 0. The molecular formula is C18H25Cl2Zr. The fraction of sp³-hybridized carbons (Fsp3) is 0.556. The Kier molecular flexibility index (Phi) is 10.8. The van der Waals surface area contributed by atoms with Crippen molar-refractivity contribution in [1.82, 2.24) is 0 Å². The summed E-state index contributed by atoms with van der Waals surface area (Å²) in [4.78, 5) is 0. The molecule has 21 heavy (non-hydrogen) atoms. The average molecular weight is 404 g/mol.